The maximum atomic E-state index is 10.5. The number of anilines is 3. The zero-order valence-corrected chi connectivity index (χ0v) is 20.3. The Bertz CT molecular complexity index is 1430. The number of nitro benzene ring substituents is 2. The number of benzene rings is 2. The van der Waals surface area contributed by atoms with Crippen LogP contribution in [0.15, 0.2) is 59.6 Å². The topological polar surface area (TPSA) is 210 Å². The fourth-order valence-electron chi connectivity index (χ4n) is 3.40. The van der Waals surface area contributed by atoms with Gasteiger partial charge < -0.3 is 26.3 Å². The molecule has 1 aromatic heterocycles. The number of methoxy groups -OCH3 is 2. The molecule has 1 aliphatic carbocycles. The van der Waals surface area contributed by atoms with Crippen LogP contribution in [-0.4, -0.2) is 46.0 Å². The van der Waals surface area contributed by atoms with Crippen LogP contribution in [0.5, 0.6) is 0 Å². The minimum Gasteiger partial charge on any atom is -0.501 e. The number of fused-ring (bicyclic) bond motifs is 1. The van der Waals surface area contributed by atoms with Crippen LogP contribution < -0.4 is 16.8 Å². The molecule has 2 aromatic carbocycles. The molecule has 14 heteroatoms. The molecular weight excluding hydrogens is 484 g/mol. The van der Waals surface area contributed by atoms with E-state index in [-0.39, 0.29) is 22.6 Å². The van der Waals surface area contributed by atoms with Gasteiger partial charge in [0.05, 0.1) is 47.1 Å². The summed E-state index contributed by atoms with van der Waals surface area (Å²) in [6, 6.07) is 5.77. The number of allylic oxidation sites excluding steroid dienone is 2. The van der Waals surface area contributed by atoms with E-state index in [0.29, 0.717) is 24.2 Å². The van der Waals surface area contributed by atoms with Crippen LogP contribution in [0.1, 0.15) is 12.0 Å². The maximum absolute atomic E-state index is 10.5. The molecule has 14 nitrogen and oxygen atoms in total. The largest absolute Gasteiger partial charge is 0.501 e. The first-order chi connectivity index (χ1) is 17.6. The molecule has 194 valence electrons. The average molecular weight is 511 g/mol. The molecule has 0 amide bonds. The van der Waals surface area contributed by atoms with Crippen molar-refractivity contribution in [1.82, 2.24) is 15.4 Å². The molecule has 0 saturated heterocycles. The van der Waals surface area contributed by atoms with Crippen LogP contribution in [0.4, 0.5) is 28.4 Å². The van der Waals surface area contributed by atoms with Crippen molar-refractivity contribution in [3.8, 4) is 0 Å². The second-order valence-corrected chi connectivity index (χ2v) is 7.81. The van der Waals surface area contributed by atoms with Gasteiger partial charge in [0.2, 0.25) is 0 Å². The number of aromatic nitrogens is 3. The van der Waals surface area contributed by atoms with Crippen LogP contribution >= 0.6 is 0 Å². The van der Waals surface area contributed by atoms with E-state index in [1.807, 2.05) is 24.3 Å². The highest BCUT2D eigenvalue weighted by atomic mass is 16.6. The summed E-state index contributed by atoms with van der Waals surface area (Å²) < 4.78 is 10.7. The average Bonchev–Trinajstić information content (AvgIpc) is 3.26. The smallest absolute Gasteiger partial charge is 0.281 e. The molecule has 37 heavy (non-hydrogen) atoms. The minimum absolute atomic E-state index is 0.0471. The van der Waals surface area contributed by atoms with Crippen molar-refractivity contribution >= 4 is 39.5 Å². The third kappa shape index (κ3) is 6.30. The molecular formula is C23H26N8O6. The number of rotatable bonds is 7. The van der Waals surface area contributed by atoms with Gasteiger partial charge in [-0.1, -0.05) is 6.08 Å². The Hall–Kier alpha value is -5.14. The lowest BCUT2D eigenvalue weighted by molar-refractivity contribution is -0.394. The van der Waals surface area contributed by atoms with Crippen molar-refractivity contribution in [3.05, 3.63) is 85.4 Å². The Morgan fingerprint density at radius 2 is 1.84 bits per heavy atom. The number of non-ortho nitro benzene ring substituents is 1. The van der Waals surface area contributed by atoms with Crippen LogP contribution in [0, 0.1) is 27.2 Å². The standard InChI is InChI=1S/C16H19N5O2.C7H7N3O4/c1-22-11-4-3-10(7-12(8-11)23-2)9-18-13-5-6-14-16(15(13)17)20-21-19-14;1-4-6(8)2-5(9(11)12)3-7(4)10(13)14/h3,5-8,18H,4,9,17H2,1-2H3,(H,19,20,21);2-3H,8H2,1H3. The molecule has 0 bridgehead atoms. The Kier molecular flexibility index (Phi) is 8.24. The zero-order valence-electron chi connectivity index (χ0n) is 20.3. The lowest BCUT2D eigenvalue weighted by atomic mass is 10.1. The number of hydrogen-bond acceptors (Lipinski definition) is 11. The highest BCUT2D eigenvalue weighted by Crippen LogP contribution is 2.29. The van der Waals surface area contributed by atoms with Gasteiger partial charge >= 0.3 is 0 Å². The van der Waals surface area contributed by atoms with E-state index in [0.717, 1.165) is 40.4 Å². The molecule has 0 radical (unpaired) electrons. The summed E-state index contributed by atoms with van der Waals surface area (Å²) in [4.78, 5) is 19.4. The molecule has 0 fully saturated rings. The zero-order chi connectivity index (χ0) is 27.1. The Balaban J connectivity index is 0.000000233. The van der Waals surface area contributed by atoms with E-state index < -0.39 is 9.85 Å². The highest BCUT2D eigenvalue weighted by Gasteiger charge is 2.19. The van der Waals surface area contributed by atoms with Crippen molar-refractivity contribution < 1.29 is 19.3 Å². The number of ether oxygens (including phenoxy) is 2. The molecule has 0 spiro atoms. The number of nitrogen functional groups attached to an aromatic ring is 2. The second kappa shape index (κ2) is 11.5. The van der Waals surface area contributed by atoms with Gasteiger partial charge in [0, 0.05) is 30.8 Å². The van der Waals surface area contributed by atoms with E-state index in [9.17, 15) is 20.2 Å². The van der Waals surface area contributed by atoms with Gasteiger partial charge in [-0.3, -0.25) is 20.2 Å². The van der Waals surface area contributed by atoms with Crippen LogP contribution in [0.3, 0.4) is 0 Å². The predicted octanol–water partition coefficient (Wildman–Crippen LogP) is 3.74. The van der Waals surface area contributed by atoms with Crippen molar-refractivity contribution in [3.63, 3.8) is 0 Å². The molecule has 0 aliphatic heterocycles. The van der Waals surface area contributed by atoms with Gasteiger partial charge in [0.15, 0.2) is 0 Å². The van der Waals surface area contributed by atoms with Crippen molar-refractivity contribution in [2.45, 2.75) is 13.3 Å². The minimum atomic E-state index is -0.719. The Labute approximate surface area is 210 Å². The monoisotopic (exact) mass is 510 g/mol. The molecule has 0 unspecified atom stereocenters. The van der Waals surface area contributed by atoms with Crippen molar-refractivity contribution in [1.29, 1.82) is 0 Å². The summed E-state index contributed by atoms with van der Waals surface area (Å²) in [6.07, 6.45) is 6.68. The van der Waals surface area contributed by atoms with E-state index in [4.69, 9.17) is 20.9 Å². The second-order valence-electron chi connectivity index (χ2n) is 7.81. The maximum Gasteiger partial charge on any atom is 0.281 e. The molecule has 1 heterocycles. The molecule has 6 N–H and O–H groups in total. The highest BCUT2D eigenvalue weighted by molar-refractivity contribution is 5.93. The number of aromatic amines is 1. The number of nitro groups is 2. The van der Waals surface area contributed by atoms with Gasteiger partial charge in [0.1, 0.15) is 22.6 Å². The molecule has 0 atom stereocenters. The normalized spacial score (nSPS) is 12.8. The quantitative estimate of drug-likeness (QED) is 0.204. The fraction of sp³-hybridized carbons (Fsp3) is 0.217. The first kappa shape index (κ1) is 26.5. The number of hydrogen-bond donors (Lipinski definition) is 4. The third-order valence-electron chi connectivity index (χ3n) is 5.52. The van der Waals surface area contributed by atoms with Crippen molar-refractivity contribution in [2.75, 3.05) is 37.5 Å². The third-order valence-corrected chi connectivity index (χ3v) is 5.52. The summed E-state index contributed by atoms with van der Waals surface area (Å²) in [7, 11) is 3.30. The van der Waals surface area contributed by atoms with Crippen LogP contribution in [0.25, 0.3) is 11.0 Å². The molecule has 3 aromatic rings. The molecule has 1 aliphatic rings. The lowest BCUT2D eigenvalue weighted by Gasteiger charge is -2.10. The first-order valence-corrected chi connectivity index (χ1v) is 10.9. The van der Waals surface area contributed by atoms with Gasteiger partial charge in [-0.05, 0) is 30.7 Å². The Morgan fingerprint density at radius 1 is 1.08 bits per heavy atom. The van der Waals surface area contributed by atoms with Gasteiger partial charge in [-0.2, -0.15) is 15.4 Å². The first-order valence-electron chi connectivity index (χ1n) is 10.9. The summed E-state index contributed by atoms with van der Waals surface area (Å²) in [5, 5.41) is 34.8. The Morgan fingerprint density at radius 3 is 2.49 bits per heavy atom. The van der Waals surface area contributed by atoms with Crippen LogP contribution in [-0.2, 0) is 9.47 Å². The molecule has 0 saturated carbocycles. The summed E-state index contributed by atoms with van der Waals surface area (Å²) in [5.74, 6) is 1.61. The summed E-state index contributed by atoms with van der Waals surface area (Å²) >= 11 is 0. The summed E-state index contributed by atoms with van der Waals surface area (Å²) in [6.45, 7) is 2.06. The number of nitrogens with two attached hydrogens (primary N) is 2. The number of nitrogens with zero attached hydrogens (tertiary/aromatic N) is 4. The van der Waals surface area contributed by atoms with Gasteiger partial charge in [-0.25, -0.2) is 0 Å². The molecule has 4 rings (SSSR count). The van der Waals surface area contributed by atoms with Crippen LogP contribution in [0.2, 0.25) is 0 Å². The van der Waals surface area contributed by atoms with Crippen molar-refractivity contribution in [2.24, 2.45) is 0 Å². The number of H-pyrrole nitrogens is 1. The van der Waals surface area contributed by atoms with Gasteiger partial charge in [-0.15, -0.1) is 0 Å². The SMILES string of the molecule is COC1=CC(CNc2ccc3n[nH]nc3c2N)=CCC(OC)=C1.Cc1c(N)cc([N+](=O)[O-])cc1[N+](=O)[O-]. The van der Waals surface area contributed by atoms with Gasteiger partial charge in [0.25, 0.3) is 11.4 Å². The lowest BCUT2D eigenvalue weighted by Crippen LogP contribution is -2.06. The number of nitrogens with one attached hydrogen (secondary N) is 2. The van der Waals surface area contributed by atoms with E-state index in [1.54, 1.807) is 14.2 Å². The van der Waals surface area contributed by atoms with E-state index in [1.165, 1.54) is 6.92 Å². The summed E-state index contributed by atoms with van der Waals surface area (Å²) in [5.41, 5.74) is 15.0. The fourth-order valence-corrected chi connectivity index (χ4v) is 3.40. The predicted molar refractivity (Wildman–Crippen MR) is 139 cm³/mol. The van der Waals surface area contributed by atoms with E-state index in [2.05, 4.69) is 26.8 Å². The van der Waals surface area contributed by atoms with E-state index >= 15 is 0 Å².